The fraction of sp³-hybridized carbons (Fsp3) is 0.109. The third-order valence-corrected chi connectivity index (χ3v) is 13.1. The van der Waals surface area contributed by atoms with Crippen LogP contribution in [0.15, 0.2) is 204 Å². The molecule has 0 bridgehead atoms. The Morgan fingerprint density at radius 3 is 2.05 bits per heavy atom. The number of allylic oxidation sites excluding steroid dienone is 4. The number of fused-ring (bicyclic) bond motifs is 6. The highest BCUT2D eigenvalue weighted by atomic mass is 32.1. The van der Waals surface area contributed by atoms with Gasteiger partial charge in [-0.3, -0.25) is 4.99 Å². The first-order valence-corrected chi connectivity index (χ1v) is 21.5. The van der Waals surface area contributed by atoms with Crippen LogP contribution in [-0.2, 0) is 0 Å². The quantitative estimate of drug-likeness (QED) is 0.182. The van der Waals surface area contributed by atoms with Crippen LogP contribution in [0.2, 0.25) is 0 Å². The van der Waals surface area contributed by atoms with Crippen molar-refractivity contribution in [1.82, 2.24) is 5.32 Å². The first-order valence-electron chi connectivity index (χ1n) is 20.7. The second kappa shape index (κ2) is 15.2. The fourth-order valence-corrected chi connectivity index (χ4v) is 10.2. The smallest absolute Gasteiger partial charge is 0.145 e. The van der Waals surface area contributed by atoms with Crippen LogP contribution < -0.4 is 10.1 Å². The van der Waals surface area contributed by atoms with Gasteiger partial charge >= 0.3 is 0 Å². The summed E-state index contributed by atoms with van der Waals surface area (Å²) >= 11 is 1.87. The highest BCUT2D eigenvalue weighted by Gasteiger charge is 2.36. The molecule has 0 amide bonds. The minimum atomic E-state index is -0.287. The Balaban J connectivity index is 1.07. The second-order valence-corrected chi connectivity index (χ2v) is 16.7. The van der Waals surface area contributed by atoms with E-state index in [1.807, 2.05) is 11.3 Å². The molecule has 2 unspecified atom stereocenters. The number of nitrogens with one attached hydrogen (secondary N) is 1. The van der Waals surface area contributed by atoms with Gasteiger partial charge in [0.1, 0.15) is 18.0 Å². The summed E-state index contributed by atoms with van der Waals surface area (Å²) in [6.07, 6.45) is 8.08. The lowest BCUT2D eigenvalue weighted by atomic mass is 9.80. The third-order valence-electron chi connectivity index (χ3n) is 12.0. The Labute approximate surface area is 349 Å². The normalized spacial score (nSPS) is 18.6. The van der Waals surface area contributed by atoms with Crippen molar-refractivity contribution in [2.75, 3.05) is 0 Å². The molecule has 0 saturated carbocycles. The van der Waals surface area contributed by atoms with Gasteiger partial charge in [-0.05, 0) is 99.7 Å². The summed E-state index contributed by atoms with van der Waals surface area (Å²) in [6, 6.07) is 63.3. The monoisotopic (exact) mass is 778 g/mol. The number of rotatable bonds is 6. The van der Waals surface area contributed by atoms with E-state index in [2.05, 4.69) is 193 Å². The lowest BCUT2D eigenvalue weighted by molar-refractivity contribution is 0.275. The van der Waals surface area contributed by atoms with Gasteiger partial charge in [0, 0.05) is 49.1 Å². The van der Waals surface area contributed by atoms with E-state index >= 15 is 0 Å². The third kappa shape index (κ3) is 6.70. The lowest BCUT2D eigenvalue weighted by Crippen LogP contribution is -2.25. The molecule has 59 heavy (non-hydrogen) atoms. The molecule has 0 radical (unpaired) electrons. The molecule has 0 spiro atoms. The van der Waals surface area contributed by atoms with Gasteiger partial charge in [0.25, 0.3) is 0 Å². The maximum absolute atomic E-state index is 6.91. The summed E-state index contributed by atoms with van der Waals surface area (Å²) < 4.78 is 9.51. The fourth-order valence-electron chi connectivity index (χ4n) is 9.11. The predicted octanol–water partition coefficient (Wildman–Crippen LogP) is 14.2. The molecule has 4 heteroatoms. The molecule has 2 atom stereocenters. The molecule has 1 aromatic heterocycles. The van der Waals surface area contributed by atoms with Crippen molar-refractivity contribution >= 4 is 48.4 Å². The Bertz CT molecular complexity index is 2970. The van der Waals surface area contributed by atoms with Crippen molar-refractivity contribution in [3.8, 4) is 28.0 Å². The number of ether oxygens (including phenoxy) is 1. The van der Waals surface area contributed by atoms with Crippen LogP contribution in [0.5, 0.6) is 5.75 Å². The number of aliphatic imine (C=N–C) groups is 1. The van der Waals surface area contributed by atoms with E-state index in [1.165, 1.54) is 75.8 Å². The first-order chi connectivity index (χ1) is 29.2. The van der Waals surface area contributed by atoms with Crippen LogP contribution in [0.1, 0.15) is 54.1 Å². The summed E-state index contributed by atoms with van der Waals surface area (Å²) in [5, 5.41) is 6.64. The molecule has 3 aliphatic rings. The van der Waals surface area contributed by atoms with E-state index in [-0.39, 0.29) is 12.3 Å². The molecule has 284 valence electrons. The van der Waals surface area contributed by atoms with Crippen molar-refractivity contribution in [2.24, 2.45) is 4.99 Å². The lowest BCUT2D eigenvalue weighted by Gasteiger charge is -2.28. The first kappa shape index (κ1) is 35.4. The average molecular weight is 779 g/mol. The van der Waals surface area contributed by atoms with Crippen LogP contribution in [0.3, 0.4) is 0 Å². The summed E-state index contributed by atoms with van der Waals surface area (Å²) in [4.78, 5) is 5.56. The molecule has 0 fully saturated rings. The van der Waals surface area contributed by atoms with E-state index in [4.69, 9.17) is 9.73 Å². The molecule has 8 aromatic rings. The van der Waals surface area contributed by atoms with Gasteiger partial charge in [-0.15, -0.1) is 11.3 Å². The largest absolute Gasteiger partial charge is 0.485 e. The summed E-state index contributed by atoms with van der Waals surface area (Å²) in [5.74, 6) is 0.953. The maximum Gasteiger partial charge on any atom is 0.145 e. The van der Waals surface area contributed by atoms with Gasteiger partial charge in [0.05, 0.1) is 0 Å². The number of thiophene rings is 1. The van der Waals surface area contributed by atoms with Crippen LogP contribution in [0.4, 0.5) is 0 Å². The van der Waals surface area contributed by atoms with Crippen molar-refractivity contribution in [3.63, 3.8) is 0 Å². The Morgan fingerprint density at radius 2 is 1.25 bits per heavy atom. The number of hydrogen-bond acceptors (Lipinski definition) is 4. The molecular formula is C55H42N2OS. The van der Waals surface area contributed by atoms with Crippen molar-refractivity contribution < 1.29 is 4.74 Å². The average Bonchev–Trinajstić information content (AvgIpc) is 3.90. The topological polar surface area (TPSA) is 33.6 Å². The van der Waals surface area contributed by atoms with E-state index in [9.17, 15) is 0 Å². The Kier molecular flexibility index (Phi) is 9.13. The van der Waals surface area contributed by atoms with Gasteiger partial charge in [0.2, 0.25) is 0 Å². The molecular weight excluding hydrogens is 737 g/mol. The zero-order chi connectivity index (χ0) is 39.1. The number of benzene rings is 7. The zero-order valence-corrected chi connectivity index (χ0v) is 33.5. The van der Waals surface area contributed by atoms with E-state index in [0.29, 0.717) is 0 Å². The minimum Gasteiger partial charge on any atom is -0.485 e. The van der Waals surface area contributed by atoms with Crippen molar-refractivity contribution in [1.29, 1.82) is 0 Å². The molecule has 3 heterocycles. The highest BCUT2D eigenvalue weighted by Crippen LogP contribution is 2.50. The molecule has 0 saturated heterocycles. The van der Waals surface area contributed by atoms with E-state index in [1.54, 1.807) is 0 Å². The van der Waals surface area contributed by atoms with Crippen molar-refractivity contribution in [3.05, 3.63) is 222 Å². The van der Waals surface area contributed by atoms with Crippen LogP contribution in [-0.4, -0.2) is 11.8 Å². The summed E-state index contributed by atoms with van der Waals surface area (Å²) in [5.41, 5.74) is 15.5. The number of nitrogens with zero attached hydrogens (tertiary/aromatic N) is 1. The second-order valence-electron chi connectivity index (χ2n) is 15.6. The molecule has 1 aliphatic carbocycles. The van der Waals surface area contributed by atoms with E-state index in [0.717, 1.165) is 48.4 Å². The molecule has 11 rings (SSSR count). The predicted molar refractivity (Wildman–Crippen MR) is 248 cm³/mol. The van der Waals surface area contributed by atoms with Gasteiger partial charge < -0.3 is 10.1 Å². The van der Waals surface area contributed by atoms with Gasteiger partial charge in [0.15, 0.2) is 0 Å². The molecule has 7 aromatic carbocycles. The highest BCUT2D eigenvalue weighted by molar-refractivity contribution is 7.25. The molecule has 1 N–H and O–H groups in total. The van der Waals surface area contributed by atoms with Crippen LogP contribution >= 0.6 is 11.3 Å². The van der Waals surface area contributed by atoms with Gasteiger partial charge in [-0.25, -0.2) is 0 Å². The Morgan fingerprint density at radius 1 is 0.576 bits per heavy atom. The standard InChI is InChI=1S/C55H42N2OS/c1-4-16-36(17-5-1)37-28-30-40(31-29-37)55-56-48(39-20-8-3-9-21-39)24-12-13-25-49(57-55)41-32-47(54-43-23-10-14-26-50(43)58-51(54)33-41)45-35-53-46(42-22-11-15-27-52(42)59-53)34-44(45)38-18-6-2-7-19-38/h1-11,14-23,25-32,34-35,51,55,57H,12-13,24,33H2/b49-25+,56-48?. The number of para-hydroxylation sites is 1. The number of hydrogen-bond donors (Lipinski definition) is 1. The van der Waals surface area contributed by atoms with Crippen molar-refractivity contribution in [2.45, 2.75) is 38.0 Å². The summed E-state index contributed by atoms with van der Waals surface area (Å²) in [6.45, 7) is 0. The molecule has 3 nitrogen and oxygen atoms in total. The van der Waals surface area contributed by atoms with Crippen LogP contribution in [0.25, 0.3) is 53.6 Å². The van der Waals surface area contributed by atoms with Crippen LogP contribution in [0, 0.1) is 0 Å². The molecule has 2 aliphatic heterocycles. The van der Waals surface area contributed by atoms with E-state index < -0.39 is 0 Å². The SMILES string of the molecule is C1=C(/C2=C\CCCC(c3ccccc3)=NC(c3ccc(-c4ccccc4)cc3)N2)CC2Oc3ccccc3C2=C1c1cc2sc3ccccc3c2cc1-c1ccccc1. The minimum absolute atomic E-state index is 0.119. The van der Waals surface area contributed by atoms with Gasteiger partial charge in [-0.1, -0.05) is 158 Å². The van der Waals surface area contributed by atoms with Gasteiger partial charge in [-0.2, -0.15) is 0 Å². The summed E-state index contributed by atoms with van der Waals surface area (Å²) in [7, 11) is 0. The maximum atomic E-state index is 6.91. The zero-order valence-electron chi connectivity index (χ0n) is 32.6. The Hall–Kier alpha value is -6.75.